The minimum absolute atomic E-state index is 0.103. The van der Waals surface area contributed by atoms with Gasteiger partial charge in [0.05, 0.1) is 18.7 Å². The first-order valence-corrected chi connectivity index (χ1v) is 7.52. The van der Waals surface area contributed by atoms with Crippen LogP contribution < -0.4 is 5.32 Å². The van der Waals surface area contributed by atoms with Gasteiger partial charge in [-0.2, -0.15) is 0 Å². The highest BCUT2D eigenvalue weighted by Crippen LogP contribution is 2.27. The van der Waals surface area contributed by atoms with Crippen LogP contribution in [0.25, 0.3) is 10.9 Å². The number of piperidine rings is 1. The van der Waals surface area contributed by atoms with Crippen LogP contribution in [0, 0.1) is 5.92 Å². The van der Waals surface area contributed by atoms with Crippen LogP contribution in [0.5, 0.6) is 0 Å². The van der Waals surface area contributed by atoms with E-state index in [0.717, 1.165) is 42.5 Å². The van der Waals surface area contributed by atoms with E-state index in [0.29, 0.717) is 12.1 Å². The molecule has 0 radical (unpaired) electrons. The molecular weight excluding hydrogens is 264 g/mol. The molecule has 4 rings (SSSR count). The number of carbonyl (C=O) groups is 1. The lowest BCUT2D eigenvalue weighted by atomic mass is 9.82. The molecule has 2 aromatic rings. The number of hydrogen-bond acceptors (Lipinski definition) is 4. The van der Waals surface area contributed by atoms with E-state index in [9.17, 15) is 4.79 Å². The summed E-state index contributed by atoms with van der Waals surface area (Å²) in [5.41, 5.74) is 1.67. The molecule has 2 fully saturated rings. The first-order valence-electron chi connectivity index (χ1n) is 7.52. The Hall–Kier alpha value is -1.78. The fourth-order valence-corrected chi connectivity index (χ4v) is 3.51. The first-order chi connectivity index (χ1) is 10.3. The van der Waals surface area contributed by atoms with Gasteiger partial charge >= 0.3 is 0 Å². The summed E-state index contributed by atoms with van der Waals surface area (Å²) in [6.45, 7) is 1.44. The van der Waals surface area contributed by atoms with Crippen molar-refractivity contribution < 1.29 is 9.53 Å². The molecule has 1 N–H and O–H groups in total. The van der Waals surface area contributed by atoms with E-state index in [4.69, 9.17) is 4.74 Å². The van der Waals surface area contributed by atoms with E-state index in [2.05, 4.69) is 10.3 Å². The fraction of sp³-hybridized carbons (Fsp3) is 0.412. The van der Waals surface area contributed by atoms with E-state index in [1.807, 2.05) is 30.3 Å². The Morgan fingerprint density at radius 3 is 2.81 bits per heavy atom. The van der Waals surface area contributed by atoms with Gasteiger partial charge in [-0.3, -0.25) is 9.78 Å². The standard InChI is InChI=1S/C17H18N2O2/c20-17(13-6-14-9-21-10-15(7-13)19-14)12-4-3-11-2-1-5-18-16(11)8-12/h1-5,8,13-15,19H,6-7,9-10H2. The van der Waals surface area contributed by atoms with Gasteiger partial charge in [0.2, 0.25) is 0 Å². The highest BCUT2D eigenvalue weighted by molar-refractivity contribution is 6.00. The Morgan fingerprint density at radius 2 is 2.00 bits per heavy atom. The van der Waals surface area contributed by atoms with Gasteiger partial charge in [0.1, 0.15) is 0 Å². The second-order valence-corrected chi connectivity index (χ2v) is 6.04. The number of pyridine rings is 1. The Kier molecular flexibility index (Phi) is 3.20. The van der Waals surface area contributed by atoms with Crippen molar-refractivity contribution in [2.45, 2.75) is 24.9 Å². The molecular formula is C17H18N2O2. The lowest BCUT2D eigenvalue weighted by Gasteiger charge is -2.39. The number of nitrogens with one attached hydrogen (secondary N) is 1. The lowest BCUT2D eigenvalue weighted by molar-refractivity contribution is 0.00953. The van der Waals surface area contributed by atoms with Crippen molar-refractivity contribution >= 4 is 16.7 Å². The van der Waals surface area contributed by atoms with E-state index in [-0.39, 0.29) is 11.7 Å². The molecule has 1 aromatic carbocycles. The zero-order chi connectivity index (χ0) is 14.2. The molecule has 0 spiro atoms. The van der Waals surface area contributed by atoms with Gasteiger partial charge in [-0.1, -0.05) is 18.2 Å². The molecule has 2 unspecified atom stereocenters. The molecule has 0 aliphatic carbocycles. The molecule has 2 aliphatic heterocycles. The average Bonchev–Trinajstić information content (AvgIpc) is 2.53. The third kappa shape index (κ3) is 2.45. The van der Waals surface area contributed by atoms with Gasteiger partial charge in [0, 0.05) is 35.1 Å². The highest BCUT2D eigenvalue weighted by atomic mass is 16.5. The summed E-state index contributed by atoms with van der Waals surface area (Å²) in [5.74, 6) is 0.354. The summed E-state index contributed by atoms with van der Waals surface area (Å²) in [6, 6.07) is 10.4. The second kappa shape index (κ2) is 5.20. The Bertz CT molecular complexity index is 673. The van der Waals surface area contributed by atoms with Crippen LogP contribution in [-0.2, 0) is 4.74 Å². The number of hydrogen-bond donors (Lipinski definition) is 1. The van der Waals surface area contributed by atoms with Gasteiger partial charge in [0.25, 0.3) is 0 Å². The zero-order valence-corrected chi connectivity index (χ0v) is 11.8. The molecule has 0 saturated carbocycles. The van der Waals surface area contributed by atoms with E-state index in [1.165, 1.54) is 0 Å². The number of benzene rings is 1. The number of nitrogens with zero attached hydrogens (tertiary/aromatic N) is 1. The molecule has 3 heterocycles. The minimum atomic E-state index is 0.103. The van der Waals surface area contributed by atoms with Crippen LogP contribution in [0.4, 0.5) is 0 Å². The molecule has 2 saturated heterocycles. The molecule has 2 atom stereocenters. The fourth-order valence-electron chi connectivity index (χ4n) is 3.51. The van der Waals surface area contributed by atoms with Crippen LogP contribution in [0.2, 0.25) is 0 Å². The van der Waals surface area contributed by atoms with Gasteiger partial charge in [-0.25, -0.2) is 0 Å². The smallest absolute Gasteiger partial charge is 0.166 e. The van der Waals surface area contributed by atoms with Crippen molar-refractivity contribution in [3.05, 3.63) is 42.1 Å². The van der Waals surface area contributed by atoms with Gasteiger partial charge in [0.15, 0.2) is 5.78 Å². The summed E-state index contributed by atoms with van der Waals surface area (Å²) >= 11 is 0. The molecule has 1 aromatic heterocycles. The Balaban J connectivity index is 1.60. The van der Waals surface area contributed by atoms with Crippen LogP contribution in [0.3, 0.4) is 0 Å². The normalized spacial score (nSPS) is 28.5. The van der Waals surface area contributed by atoms with Crippen LogP contribution in [0.15, 0.2) is 36.5 Å². The van der Waals surface area contributed by atoms with Crippen LogP contribution >= 0.6 is 0 Å². The molecule has 0 amide bonds. The average molecular weight is 282 g/mol. The maximum Gasteiger partial charge on any atom is 0.166 e. The monoisotopic (exact) mass is 282 g/mol. The predicted octanol–water partition coefficient (Wildman–Crippen LogP) is 2.18. The number of aromatic nitrogens is 1. The van der Waals surface area contributed by atoms with Crippen molar-refractivity contribution in [2.75, 3.05) is 13.2 Å². The van der Waals surface area contributed by atoms with Gasteiger partial charge in [-0.15, -0.1) is 0 Å². The molecule has 21 heavy (non-hydrogen) atoms. The van der Waals surface area contributed by atoms with Crippen LogP contribution in [-0.4, -0.2) is 36.1 Å². The zero-order valence-electron chi connectivity index (χ0n) is 11.8. The van der Waals surface area contributed by atoms with E-state index >= 15 is 0 Å². The lowest BCUT2D eigenvalue weighted by Crippen LogP contribution is -2.55. The Labute approximate surface area is 123 Å². The molecule has 2 aliphatic rings. The SMILES string of the molecule is O=C(c1ccc2cccnc2c1)C1CC2COCC(C1)N2. The molecule has 2 bridgehead atoms. The van der Waals surface area contributed by atoms with Gasteiger partial charge < -0.3 is 10.1 Å². The molecule has 4 heteroatoms. The summed E-state index contributed by atoms with van der Waals surface area (Å²) in [7, 11) is 0. The summed E-state index contributed by atoms with van der Waals surface area (Å²) < 4.78 is 5.54. The third-order valence-electron chi connectivity index (χ3n) is 4.51. The van der Waals surface area contributed by atoms with E-state index < -0.39 is 0 Å². The maximum atomic E-state index is 12.8. The molecule has 108 valence electrons. The maximum absolute atomic E-state index is 12.8. The van der Waals surface area contributed by atoms with Gasteiger partial charge in [-0.05, 0) is 25.0 Å². The Morgan fingerprint density at radius 1 is 1.19 bits per heavy atom. The van der Waals surface area contributed by atoms with Crippen molar-refractivity contribution in [3.63, 3.8) is 0 Å². The largest absolute Gasteiger partial charge is 0.378 e. The number of fused-ring (bicyclic) bond motifs is 3. The minimum Gasteiger partial charge on any atom is -0.378 e. The van der Waals surface area contributed by atoms with Crippen molar-refractivity contribution in [1.82, 2.24) is 10.3 Å². The number of Topliss-reactive ketones (excluding diaryl/α,β-unsaturated/α-hetero) is 1. The number of rotatable bonds is 2. The second-order valence-electron chi connectivity index (χ2n) is 6.04. The summed E-state index contributed by atoms with van der Waals surface area (Å²) in [6.07, 6.45) is 3.51. The van der Waals surface area contributed by atoms with Crippen LogP contribution in [0.1, 0.15) is 23.2 Å². The topological polar surface area (TPSA) is 51.2 Å². The number of ketones is 1. The third-order valence-corrected chi connectivity index (χ3v) is 4.51. The summed E-state index contributed by atoms with van der Waals surface area (Å²) in [5, 5.41) is 4.60. The van der Waals surface area contributed by atoms with Crippen molar-refractivity contribution in [1.29, 1.82) is 0 Å². The first kappa shape index (κ1) is 12.9. The predicted molar refractivity (Wildman–Crippen MR) is 80.3 cm³/mol. The number of ether oxygens (including phenoxy) is 1. The van der Waals surface area contributed by atoms with Crippen molar-refractivity contribution in [2.24, 2.45) is 5.92 Å². The summed E-state index contributed by atoms with van der Waals surface area (Å²) in [4.78, 5) is 17.1. The number of carbonyl (C=O) groups excluding carboxylic acids is 1. The van der Waals surface area contributed by atoms with Crippen molar-refractivity contribution in [3.8, 4) is 0 Å². The van der Waals surface area contributed by atoms with E-state index in [1.54, 1.807) is 6.20 Å². The quantitative estimate of drug-likeness (QED) is 0.858. The molecule has 4 nitrogen and oxygen atoms in total. The number of morpholine rings is 1. The highest BCUT2D eigenvalue weighted by Gasteiger charge is 2.35.